The Labute approximate surface area is 188 Å². The van der Waals surface area contributed by atoms with Crippen LogP contribution in [-0.4, -0.2) is 22.9 Å². The third kappa shape index (κ3) is 2.42. The minimum absolute atomic E-state index is 0.0622. The number of imidazole rings is 1. The highest BCUT2D eigenvalue weighted by molar-refractivity contribution is 6.14. The predicted octanol–water partition coefficient (Wildman–Crippen LogP) is 4.26. The van der Waals surface area contributed by atoms with E-state index in [1.165, 1.54) is 4.40 Å². The third-order valence-electron chi connectivity index (χ3n) is 6.34. The Morgan fingerprint density at radius 1 is 0.758 bits per heavy atom. The number of nitriles is 1. The Morgan fingerprint density at radius 2 is 1.33 bits per heavy atom. The lowest BCUT2D eigenvalue weighted by Gasteiger charge is -2.15. The standard InChI is InChI=1S/C27H18N4O2/c1-29(2)17-13-11-16(12-14-17)23-20(15-28)27(33)31-22-10-6-5-9-21(22)30-25(31)24(23)18-7-3-4-8-19(18)26(30)32/h3-14H,1-2H3. The minimum Gasteiger partial charge on any atom is -0.378 e. The van der Waals surface area contributed by atoms with Crippen LogP contribution in [0.4, 0.5) is 5.69 Å². The van der Waals surface area contributed by atoms with Crippen LogP contribution in [0.25, 0.3) is 44.0 Å². The molecule has 0 fully saturated rings. The van der Waals surface area contributed by atoms with E-state index in [2.05, 4.69) is 6.07 Å². The summed E-state index contributed by atoms with van der Waals surface area (Å²) in [5.74, 6) is 0. The van der Waals surface area contributed by atoms with Crippen LogP contribution in [0.1, 0.15) is 5.56 Å². The van der Waals surface area contributed by atoms with E-state index in [1.54, 1.807) is 16.5 Å². The minimum atomic E-state index is -0.426. The van der Waals surface area contributed by atoms with E-state index in [9.17, 15) is 14.9 Å². The van der Waals surface area contributed by atoms with Crippen LogP contribution in [0.2, 0.25) is 0 Å². The van der Waals surface area contributed by atoms with Gasteiger partial charge in [-0.05, 0) is 41.3 Å². The van der Waals surface area contributed by atoms with Gasteiger partial charge in [0.1, 0.15) is 17.3 Å². The number of aromatic nitrogens is 2. The second kappa shape index (κ2) is 6.68. The van der Waals surface area contributed by atoms with Crippen molar-refractivity contribution in [3.63, 3.8) is 0 Å². The monoisotopic (exact) mass is 430 g/mol. The zero-order valence-corrected chi connectivity index (χ0v) is 18.0. The van der Waals surface area contributed by atoms with Gasteiger partial charge < -0.3 is 4.90 Å². The number of benzene rings is 3. The topological polar surface area (TPSA) is 70.0 Å². The van der Waals surface area contributed by atoms with Crippen LogP contribution in [0.3, 0.4) is 0 Å². The lowest BCUT2D eigenvalue weighted by Crippen LogP contribution is -2.21. The molecule has 0 aliphatic carbocycles. The molecule has 3 heterocycles. The summed E-state index contributed by atoms with van der Waals surface area (Å²) in [6.07, 6.45) is 0. The summed E-state index contributed by atoms with van der Waals surface area (Å²) in [5.41, 5.74) is 3.51. The molecule has 158 valence electrons. The van der Waals surface area contributed by atoms with Crippen molar-refractivity contribution in [2.75, 3.05) is 19.0 Å². The zero-order valence-electron chi connectivity index (χ0n) is 18.0. The summed E-state index contributed by atoms with van der Waals surface area (Å²) in [5, 5.41) is 12.1. The first kappa shape index (κ1) is 19.1. The first-order chi connectivity index (χ1) is 16.0. The van der Waals surface area contributed by atoms with Crippen LogP contribution in [0.15, 0.2) is 82.4 Å². The molecule has 0 radical (unpaired) electrons. The van der Waals surface area contributed by atoms with E-state index in [0.717, 1.165) is 22.0 Å². The van der Waals surface area contributed by atoms with Gasteiger partial charge in [-0.3, -0.25) is 18.4 Å². The molecule has 6 heteroatoms. The summed E-state index contributed by atoms with van der Waals surface area (Å²) in [7, 11) is 3.91. The number of para-hydroxylation sites is 2. The van der Waals surface area contributed by atoms with E-state index in [1.807, 2.05) is 79.7 Å². The zero-order chi connectivity index (χ0) is 22.9. The van der Waals surface area contributed by atoms with Crippen molar-refractivity contribution in [1.29, 1.82) is 5.26 Å². The molecule has 0 aliphatic rings. The number of nitrogens with zero attached hydrogens (tertiary/aromatic N) is 4. The second-order valence-corrected chi connectivity index (χ2v) is 8.32. The Morgan fingerprint density at radius 3 is 1.94 bits per heavy atom. The maximum atomic E-state index is 13.7. The third-order valence-corrected chi connectivity index (χ3v) is 6.34. The molecule has 0 aliphatic heterocycles. The van der Waals surface area contributed by atoms with E-state index in [4.69, 9.17) is 0 Å². The Bertz CT molecular complexity index is 1890. The highest BCUT2D eigenvalue weighted by atomic mass is 16.1. The molecule has 33 heavy (non-hydrogen) atoms. The van der Waals surface area contributed by atoms with Crippen LogP contribution in [-0.2, 0) is 0 Å². The van der Waals surface area contributed by atoms with Crippen molar-refractivity contribution in [2.45, 2.75) is 0 Å². The number of hydrogen-bond donors (Lipinski definition) is 0. The molecule has 6 nitrogen and oxygen atoms in total. The Balaban J connectivity index is 1.97. The summed E-state index contributed by atoms with van der Waals surface area (Å²) >= 11 is 0. The van der Waals surface area contributed by atoms with Crippen molar-refractivity contribution in [1.82, 2.24) is 8.80 Å². The van der Waals surface area contributed by atoms with Gasteiger partial charge in [0, 0.05) is 36.1 Å². The summed E-state index contributed by atoms with van der Waals surface area (Å²) < 4.78 is 3.11. The van der Waals surface area contributed by atoms with Gasteiger partial charge in [0.05, 0.1) is 11.0 Å². The molecular weight excluding hydrogens is 412 g/mol. The van der Waals surface area contributed by atoms with E-state index in [-0.39, 0.29) is 11.1 Å². The van der Waals surface area contributed by atoms with Crippen molar-refractivity contribution >= 4 is 38.5 Å². The fraction of sp³-hybridized carbons (Fsp3) is 0.0741. The van der Waals surface area contributed by atoms with Crippen LogP contribution in [0, 0.1) is 11.3 Å². The quantitative estimate of drug-likeness (QED) is 0.385. The van der Waals surface area contributed by atoms with Crippen LogP contribution in [0.5, 0.6) is 0 Å². The summed E-state index contributed by atoms with van der Waals surface area (Å²) in [4.78, 5) is 29.2. The molecule has 0 saturated carbocycles. The van der Waals surface area contributed by atoms with Gasteiger partial charge in [0.2, 0.25) is 0 Å². The molecule has 0 N–H and O–H groups in total. The Kier molecular flexibility index (Phi) is 3.86. The number of anilines is 1. The van der Waals surface area contributed by atoms with Gasteiger partial charge in [-0.1, -0.05) is 42.5 Å². The Hall–Kier alpha value is -4.63. The SMILES string of the molecule is CN(C)c1ccc(-c2c(C#N)c(=O)n3c4ccccc4n4c(=O)c5ccccc5c2c34)cc1. The van der Waals surface area contributed by atoms with Crippen molar-refractivity contribution < 1.29 is 0 Å². The highest BCUT2D eigenvalue weighted by Crippen LogP contribution is 2.37. The first-order valence-corrected chi connectivity index (χ1v) is 10.6. The number of pyridine rings is 2. The van der Waals surface area contributed by atoms with Crippen LogP contribution < -0.4 is 16.0 Å². The van der Waals surface area contributed by atoms with Gasteiger partial charge in [0.15, 0.2) is 0 Å². The summed E-state index contributed by atoms with van der Waals surface area (Å²) in [6, 6.07) is 24.6. The second-order valence-electron chi connectivity index (χ2n) is 8.32. The first-order valence-electron chi connectivity index (χ1n) is 10.6. The number of rotatable bonds is 2. The molecule has 3 aromatic heterocycles. The molecule has 0 saturated heterocycles. The normalized spacial score (nSPS) is 11.5. The average Bonchev–Trinajstić information content (AvgIpc) is 3.19. The van der Waals surface area contributed by atoms with Gasteiger partial charge in [-0.15, -0.1) is 0 Å². The largest absolute Gasteiger partial charge is 0.378 e. The molecule has 0 amide bonds. The molecule has 0 atom stereocenters. The lowest BCUT2D eigenvalue weighted by molar-refractivity contribution is 1.10. The molecule has 0 unspecified atom stereocenters. The van der Waals surface area contributed by atoms with Crippen molar-refractivity contribution in [3.8, 4) is 17.2 Å². The lowest BCUT2D eigenvalue weighted by atomic mass is 9.94. The fourth-order valence-corrected chi connectivity index (χ4v) is 4.84. The summed E-state index contributed by atoms with van der Waals surface area (Å²) in [6.45, 7) is 0. The molecule has 6 aromatic rings. The van der Waals surface area contributed by atoms with E-state index < -0.39 is 5.56 Å². The van der Waals surface area contributed by atoms with Crippen molar-refractivity contribution in [3.05, 3.63) is 99.1 Å². The predicted molar refractivity (Wildman–Crippen MR) is 132 cm³/mol. The molecule has 0 bridgehead atoms. The van der Waals surface area contributed by atoms with Gasteiger partial charge in [-0.25, -0.2) is 0 Å². The fourth-order valence-electron chi connectivity index (χ4n) is 4.84. The highest BCUT2D eigenvalue weighted by Gasteiger charge is 2.25. The number of fused-ring (bicyclic) bond motifs is 5. The maximum Gasteiger partial charge on any atom is 0.275 e. The molecule has 3 aromatic carbocycles. The van der Waals surface area contributed by atoms with Gasteiger partial charge >= 0.3 is 0 Å². The average molecular weight is 430 g/mol. The molecule has 6 rings (SSSR count). The van der Waals surface area contributed by atoms with E-state index >= 15 is 0 Å². The molecule has 0 spiro atoms. The molecular formula is C27H18N4O2. The van der Waals surface area contributed by atoms with Gasteiger partial charge in [-0.2, -0.15) is 5.26 Å². The van der Waals surface area contributed by atoms with Crippen molar-refractivity contribution in [2.24, 2.45) is 0 Å². The number of hydrogen-bond acceptors (Lipinski definition) is 4. The van der Waals surface area contributed by atoms with Crippen LogP contribution >= 0.6 is 0 Å². The maximum absolute atomic E-state index is 13.7. The van der Waals surface area contributed by atoms with E-state index in [0.29, 0.717) is 27.6 Å². The van der Waals surface area contributed by atoms with Gasteiger partial charge in [0.25, 0.3) is 11.1 Å². The smallest absolute Gasteiger partial charge is 0.275 e.